The summed E-state index contributed by atoms with van der Waals surface area (Å²) in [5.74, 6) is -0.402. The zero-order chi connectivity index (χ0) is 17.6. The monoisotopic (exact) mass is 353 g/mol. The average Bonchev–Trinajstić information content (AvgIpc) is 2.77. The Morgan fingerprint density at radius 3 is 2.40 bits per heavy atom. The minimum absolute atomic E-state index is 0.154. The van der Waals surface area contributed by atoms with Gasteiger partial charge in [0.25, 0.3) is 15.9 Å². The molecular formula is C20H19NO3S. The Hall–Kier alpha value is -2.40. The van der Waals surface area contributed by atoms with Gasteiger partial charge < -0.3 is 0 Å². The Kier molecular flexibility index (Phi) is 3.76. The number of aryl methyl sites for hydroxylation is 1. The third kappa shape index (κ3) is 2.42. The molecule has 1 aliphatic carbocycles. The van der Waals surface area contributed by atoms with E-state index >= 15 is 0 Å². The van der Waals surface area contributed by atoms with E-state index in [1.165, 1.54) is 12.1 Å². The van der Waals surface area contributed by atoms with Crippen molar-refractivity contribution in [2.75, 3.05) is 0 Å². The third-order valence-electron chi connectivity index (χ3n) is 5.07. The average molecular weight is 353 g/mol. The number of fused-ring (bicyclic) bond motifs is 2. The maximum Gasteiger partial charge on any atom is 0.268 e. The van der Waals surface area contributed by atoms with Crippen LogP contribution in [0.5, 0.6) is 0 Å². The number of sulfonamides is 1. The molecule has 0 spiro atoms. The van der Waals surface area contributed by atoms with Gasteiger partial charge >= 0.3 is 0 Å². The van der Waals surface area contributed by atoms with E-state index in [9.17, 15) is 13.2 Å². The molecule has 1 aliphatic heterocycles. The molecule has 1 amide bonds. The van der Waals surface area contributed by atoms with Gasteiger partial charge in [0.15, 0.2) is 0 Å². The number of rotatable bonds is 2. The maximum absolute atomic E-state index is 13.2. The number of carbonyl (C=O) groups excluding carboxylic acids is 1. The molecule has 2 aliphatic rings. The molecule has 0 fully saturated rings. The van der Waals surface area contributed by atoms with Crippen LogP contribution >= 0.6 is 0 Å². The molecule has 1 atom stereocenters. The number of carbonyl (C=O) groups is 1. The van der Waals surface area contributed by atoms with Crippen LogP contribution in [0.25, 0.3) is 5.57 Å². The molecule has 4 nitrogen and oxygen atoms in total. The van der Waals surface area contributed by atoms with Crippen molar-refractivity contribution in [3.05, 3.63) is 71.3 Å². The molecule has 0 saturated heterocycles. The van der Waals surface area contributed by atoms with Crippen molar-refractivity contribution < 1.29 is 13.2 Å². The lowest BCUT2D eigenvalue weighted by Crippen LogP contribution is -2.39. The van der Waals surface area contributed by atoms with Crippen molar-refractivity contribution in [1.82, 2.24) is 4.31 Å². The second-order valence-electron chi connectivity index (χ2n) is 6.51. The molecule has 0 aromatic heterocycles. The van der Waals surface area contributed by atoms with Crippen LogP contribution in [0.2, 0.25) is 0 Å². The molecular weight excluding hydrogens is 334 g/mol. The highest BCUT2D eigenvalue weighted by Gasteiger charge is 2.45. The third-order valence-corrected chi connectivity index (χ3v) is 6.94. The molecule has 2 aromatic carbocycles. The van der Waals surface area contributed by atoms with Gasteiger partial charge in [0.05, 0.1) is 10.9 Å². The highest BCUT2D eigenvalue weighted by Crippen LogP contribution is 2.41. The SMILES string of the molecule is CC1C2=C(C(=O)N1S(=O)(=O)c1ccccc1)c1ccccc1CCC2. The molecule has 0 bridgehead atoms. The van der Waals surface area contributed by atoms with E-state index < -0.39 is 22.0 Å². The summed E-state index contributed by atoms with van der Waals surface area (Å²) in [6, 6.07) is 15.6. The number of hydrogen-bond acceptors (Lipinski definition) is 3. The maximum atomic E-state index is 13.2. The fourth-order valence-electron chi connectivity index (χ4n) is 3.87. The van der Waals surface area contributed by atoms with E-state index in [2.05, 4.69) is 0 Å². The molecule has 128 valence electrons. The van der Waals surface area contributed by atoms with Gasteiger partial charge in [-0.2, -0.15) is 0 Å². The standard InChI is InChI=1S/C20H19NO3S/c1-14-17-13-7-9-15-8-5-6-12-18(15)19(17)20(22)21(14)25(23,24)16-10-3-2-4-11-16/h2-6,8,10-12,14H,7,9,13H2,1H3. The fourth-order valence-corrected chi connectivity index (χ4v) is 5.45. The normalized spacial score (nSPS) is 20.3. The quantitative estimate of drug-likeness (QED) is 0.831. The number of nitrogens with zero attached hydrogens (tertiary/aromatic N) is 1. The molecule has 4 rings (SSSR count). The highest BCUT2D eigenvalue weighted by atomic mass is 32.2. The van der Waals surface area contributed by atoms with Gasteiger partial charge in [-0.15, -0.1) is 0 Å². The predicted molar refractivity (Wildman–Crippen MR) is 96.2 cm³/mol. The first-order chi connectivity index (χ1) is 12.0. The minimum atomic E-state index is -3.87. The zero-order valence-corrected chi connectivity index (χ0v) is 14.8. The Bertz CT molecular complexity index is 977. The van der Waals surface area contributed by atoms with Crippen LogP contribution in [0.1, 0.15) is 30.9 Å². The zero-order valence-electron chi connectivity index (χ0n) is 14.0. The van der Waals surface area contributed by atoms with Crippen molar-refractivity contribution in [2.24, 2.45) is 0 Å². The summed E-state index contributed by atoms with van der Waals surface area (Å²) in [4.78, 5) is 13.3. The number of benzene rings is 2. The van der Waals surface area contributed by atoms with E-state index in [4.69, 9.17) is 0 Å². The molecule has 0 saturated carbocycles. The van der Waals surface area contributed by atoms with Crippen molar-refractivity contribution in [3.8, 4) is 0 Å². The number of hydrogen-bond donors (Lipinski definition) is 0. The summed E-state index contributed by atoms with van der Waals surface area (Å²) in [7, 11) is -3.87. The van der Waals surface area contributed by atoms with Crippen LogP contribution in [-0.4, -0.2) is 24.7 Å². The fraction of sp³-hybridized carbons (Fsp3) is 0.250. The second-order valence-corrected chi connectivity index (χ2v) is 8.32. The van der Waals surface area contributed by atoms with Crippen LogP contribution in [0, 0.1) is 0 Å². The minimum Gasteiger partial charge on any atom is -0.268 e. The van der Waals surface area contributed by atoms with Crippen molar-refractivity contribution in [3.63, 3.8) is 0 Å². The summed E-state index contributed by atoms with van der Waals surface area (Å²) in [6.07, 6.45) is 2.58. The van der Waals surface area contributed by atoms with Gasteiger partial charge in [-0.25, -0.2) is 12.7 Å². The van der Waals surface area contributed by atoms with Gasteiger partial charge in [0, 0.05) is 5.57 Å². The largest absolute Gasteiger partial charge is 0.268 e. The Balaban J connectivity index is 1.84. The van der Waals surface area contributed by atoms with Gasteiger partial charge in [0.2, 0.25) is 0 Å². The van der Waals surface area contributed by atoms with Crippen LogP contribution < -0.4 is 0 Å². The highest BCUT2D eigenvalue weighted by molar-refractivity contribution is 7.89. The second kappa shape index (κ2) is 5.85. The molecule has 25 heavy (non-hydrogen) atoms. The molecule has 1 unspecified atom stereocenters. The Labute approximate surface area is 147 Å². The molecule has 1 heterocycles. The van der Waals surface area contributed by atoms with Crippen LogP contribution in [0.4, 0.5) is 0 Å². The predicted octanol–water partition coefficient (Wildman–Crippen LogP) is 3.40. The van der Waals surface area contributed by atoms with E-state index in [1.807, 2.05) is 31.2 Å². The van der Waals surface area contributed by atoms with E-state index in [-0.39, 0.29) is 4.90 Å². The summed E-state index contributed by atoms with van der Waals surface area (Å²) in [5.41, 5.74) is 3.53. The molecule has 0 radical (unpaired) electrons. The lowest BCUT2D eigenvalue weighted by molar-refractivity contribution is -0.120. The van der Waals surface area contributed by atoms with Crippen LogP contribution in [0.3, 0.4) is 0 Å². The molecule has 5 heteroatoms. The van der Waals surface area contributed by atoms with Crippen molar-refractivity contribution in [1.29, 1.82) is 0 Å². The van der Waals surface area contributed by atoms with Gasteiger partial charge in [-0.3, -0.25) is 4.79 Å². The van der Waals surface area contributed by atoms with Crippen LogP contribution in [-0.2, 0) is 21.2 Å². The number of amides is 1. The first-order valence-electron chi connectivity index (χ1n) is 8.47. The van der Waals surface area contributed by atoms with Crippen molar-refractivity contribution >= 4 is 21.5 Å². The Morgan fingerprint density at radius 1 is 0.960 bits per heavy atom. The van der Waals surface area contributed by atoms with Crippen molar-refractivity contribution in [2.45, 2.75) is 37.1 Å². The van der Waals surface area contributed by atoms with Gasteiger partial charge in [-0.1, -0.05) is 42.5 Å². The molecule has 0 N–H and O–H groups in total. The Morgan fingerprint density at radius 2 is 1.64 bits per heavy atom. The summed E-state index contributed by atoms with van der Waals surface area (Å²) < 4.78 is 27.2. The van der Waals surface area contributed by atoms with Crippen LogP contribution in [0.15, 0.2) is 65.1 Å². The lowest BCUT2D eigenvalue weighted by Gasteiger charge is -2.24. The summed E-state index contributed by atoms with van der Waals surface area (Å²) in [6.45, 7) is 1.81. The first kappa shape index (κ1) is 16.1. The lowest BCUT2D eigenvalue weighted by atomic mass is 9.97. The van der Waals surface area contributed by atoms with E-state index in [0.29, 0.717) is 5.57 Å². The molecule has 2 aromatic rings. The first-order valence-corrected chi connectivity index (χ1v) is 9.91. The van der Waals surface area contributed by atoms with E-state index in [0.717, 1.165) is 40.3 Å². The smallest absolute Gasteiger partial charge is 0.268 e. The van der Waals surface area contributed by atoms with Gasteiger partial charge in [0.1, 0.15) is 0 Å². The summed E-state index contributed by atoms with van der Waals surface area (Å²) in [5, 5.41) is 0. The van der Waals surface area contributed by atoms with E-state index in [1.54, 1.807) is 18.2 Å². The topological polar surface area (TPSA) is 54.5 Å². The van der Waals surface area contributed by atoms with Gasteiger partial charge in [-0.05, 0) is 55.0 Å². The summed E-state index contributed by atoms with van der Waals surface area (Å²) >= 11 is 0.